The fourth-order valence-corrected chi connectivity index (χ4v) is 1.34. The van der Waals surface area contributed by atoms with E-state index in [-0.39, 0.29) is 12.5 Å². The SMILES string of the molecule is C#CCN(CC)C(=O)c1cccc(C#N)c1. The number of carbonyl (C=O) groups is 1. The molecule has 1 amide bonds. The molecule has 0 N–H and O–H groups in total. The molecule has 0 aromatic heterocycles. The van der Waals surface area contributed by atoms with Crippen molar-refractivity contribution < 1.29 is 4.79 Å². The molecule has 3 nitrogen and oxygen atoms in total. The van der Waals surface area contributed by atoms with Crippen molar-refractivity contribution in [3.63, 3.8) is 0 Å². The number of nitrogens with zero attached hydrogens (tertiary/aromatic N) is 2. The van der Waals surface area contributed by atoms with Gasteiger partial charge in [-0.3, -0.25) is 4.79 Å². The lowest BCUT2D eigenvalue weighted by atomic mass is 10.1. The largest absolute Gasteiger partial charge is 0.328 e. The number of amides is 1. The summed E-state index contributed by atoms with van der Waals surface area (Å²) >= 11 is 0. The van der Waals surface area contributed by atoms with Gasteiger partial charge in [0.15, 0.2) is 0 Å². The number of nitriles is 1. The van der Waals surface area contributed by atoms with Gasteiger partial charge in [0, 0.05) is 12.1 Å². The first kappa shape index (κ1) is 11.8. The Morgan fingerprint density at radius 2 is 2.31 bits per heavy atom. The second kappa shape index (κ2) is 5.58. The first-order valence-corrected chi connectivity index (χ1v) is 4.95. The number of hydrogen-bond donors (Lipinski definition) is 0. The van der Waals surface area contributed by atoms with Crippen molar-refractivity contribution in [1.29, 1.82) is 5.26 Å². The highest BCUT2D eigenvalue weighted by atomic mass is 16.2. The van der Waals surface area contributed by atoms with E-state index in [0.29, 0.717) is 17.7 Å². The Labute approximate surface area is 95.3 Å². The minimum atomic E-state index is -0.141. The summed E-state index contributed by atoms with van der Waals surface area (Å²) in [6.07, 6.45) is 5.18. The maximum absolute atomic E-state index is 12.0. The molecular weight excluding hydrogens is 200 g/mol. The van der Waals surface area contributed by atoms with E-state index in [9.17, 15) is 4.79 Å². The molecule has 1 rings (SSSR count). The maximum atomic E-state index is 12.0. The second-order valence-electron chi connectivity index (χ2n) is 3.22. The standard InChI is InChI=1S/C13H12N2O/c1-3-8-15(4-2)13(16)12-7-5-6-11(9-12)10-14/h1,5-7,9H,4,8H2,2H3. The van der Waals surface area contributed by atoms with Gasteiger partial charge in [-0.1, -0.05) is 12.0 Å². The minimum Gasteiger partial charge on any atom is -0.328 e. The average Bonchev–Trinajstić information content (AvgIpc) is 2.35. The Balaban J connectivity index is 2.96. The van der Waals surface area contributed by atoms with E-state index in [0.717, 1.165) is 0 Å². The molecule has 0 bridgehead atoms. The molecule has 16 heavy (non-hydrogen) atoms. The van der Waals surface area contributed by atoms with Crippen LogP contribution in [0.5, 0.6) is 0 Å². The van der Waals surface area contributed by atoms with Gasteiger partial charge in [0.1, 0.15) is 0 Å². The Morgan fingerprint density at radius 3 is 2.88 bits per heavy atom. The van der Waals surface area contributed by atoms with Crippen molar-refractivity contribution in [2.75, 3.05) is 13.1 Å². The molecule has 0 radical (unpaired) electrons. The molecule has 0 aliphatic heterocycles. The zero-order valence-electron chi connectivity index (χ0n) is 9.10. The molecule has 1 aromatic carbocycles. The van der Waals surface area contributed by atoms with E-state index in [2.05, 4.69) is 5.92 Å². The second-order valence-corrected chi connectivity index (χ2v) is 3.22. The molecule has 3 heteroatoms. The summed E-state index contributed by atoms with van der Waals surface area (Å²) in [6.45, 7) is 2.70. The van der Waals surface area contributed by atoms with E-state index >= 15 is 0 Å². The van der Waals surface area contributed by atoms with E-state index < -0.39 is 0 Å². The van der Waals surface area contributed by atoms with Crippen LogP contribution in [0.3, 0.4) is 0 Å². The van der Waals surface area contributed by atoms with E-state index in [4.69, 9.17) is 11.7 Å². The van der Waals surface area contributed by atoms with Crippen LogP contribution in [0, 0.1) is 23.7 Å². The molecule has 1 aromatic rings. The summed E-state index contributed by atoms with van der Waals surface area (Å²) in [6, 6.07) is 8.60. The van der Waals surface area contributed by atoms with Gasteiger partial charge in [0.2, 0.25) is 0 Å². The predicted octanol–water partition coefficient (Wildman–Crippen LogP) is 1.65. The monoisotopic (exact) mass is 212 g/mol. The lowest BCUT2D eigenvalue weighted by Gasteiger charge is -2.17. The van der Waals surface area contributed by atoms with Gasteiger partial charge in [0.05, 0.1) is 18.2 Å². The van der Waals surface area contributed by atoms with Crippen LogP contribution in [-0.4, -0.2) is 23.9 Å². The third kappa shape index (κ3) is 2.62. The van der Waals surface area contributed by atoms with E-state index in [1.165, 1.54) is 0 Å². The van der Waals surface area contributed by atoms with Crippen LogP contribution < -0.4 is 0 Å². The summed E-state index contributed by atoms with van der Waals surface area (Å²) in [5.74, 6) is 2.30. The van der Waals surface area contributed by atoms with Crippen molar-refractivity contribution >= 4 is 5.91 Å². The van der Waals surface area contributed by atoms with Gasteiger partial charge in [0.25, 0.3) is 5.91 Å². The molecule has 0 aliphatic carbocycles. The summed E-state index contributed by atoms with van der Waals surface area (Å²) < 4.78 is 0. The van der Waals surface area contributed by atoms with Crippen molar-refractivity contribution in [1.82, 2.24) is 4.90 Å². The summed E-state index contributed by atoms with van der Waals surface area (Å²) in [5, 5.41) is 8.74. The van der Waals surface area contributed by atoms with Crippen LogP contribution in [-0.2, 0) is 0 Å². The molecule has 0 fully saturated rings. The van der Waals surface area contributed by atoms with Gasteiger partial charge in [-0.15, -0.1) is 6.42 Å². The van der Waals surface area contributed by atoms with Crippen molar-refractivity contribution in [2.45, 2.75) is 6.92 Å². The number of carbonyl (C=O) groups excluding carboxylic acids is 1. The van der Waals surface area contributed by atoms with E-state index in [1.807, 2.05) is 13.0 Å². The zero-order chi connectivity index (χ0) is 12.0. The molecule has 0 heterocycles. The highest BCUT2D eigenvalue weighted by Crippen LogP contribution is 2.07. The quantitative estimate of drug-likeness (QED) is 0.715. The summed E-state index contributed by atoms with van der Waals surface area (Å²) in [4.78, 5) is 13.5. The van der Waals surface area contributed by atoms with Crippen LogP contribution >= 0.6 is 0 Å². The molecule has 0 saturated heterocycles. The Kier molecular flexibility index (Phi) is 4.12. The number of rotatable bonds is 3. The summed E-state index contributed by atoms with van der Waals surface area (Å²) in [5.41, 5.74) is 0.971. The van der Waals surface area contributed by atoms with Crippen LogP contribution in [0.15, 0.2) is 24.3 Å². The molecule has 80 valence electrons. The number of hydrogen-bond acceptors (Lipinski definition) is 2. The van der Waals surface area contributed by atoms with Crippen LogP contribution in [0.25, 0.3) is 0 Å². The van der Waals surface area contributed by atoms with Crippen molar-refractivity contribution in [2.24, 2.45) is 0 Å². The fraction of sp³-hybridized carbons (Fsp3) is 0.231. The Morgan fingerprint density at radius 1 is 1.56 bits per heavy atom. The van der Waals surface area contributed by atoms with Gasteiger partial charge >= 0.3 is 0 Å². The average molecular weight is 212 g/mol. The third-order valence-corrected chi connectivity index (χ3v) is 2.19. The minimum absolute atomic E-state index is 0.141. The normalized spacial score (nSPS) is 8.94. The maximum Gasteiger partial charge on any atom is 0.254 e. The first-order valence-electron chi connectivity index (χ1n) is 4.95. The summed E-state index contributed by atoms with van der Waals surface area (Å²) in [7, 11) is 0. The topological polar surface area (TPSA) is 44.1 Å². The Bertz CT molecular complexity index is 466. The smallest absolute Gasteiger partial charge is 0.254 e. The number of terminal acetylenes is 1. The highest BCUT2D eigenvalue weighted by molar-refractivity contribution is 5.94. The van der Waals surface area contributed by atoms with Crippen LogP contribution in [0.4, 0.5) is 0 Å². The van der Waals surface area contributed by atoms with E-state index in [1.54, 1.807) is 29.2 Å². The van der Waals surface area contributed by atoms with Crippen LogP contribution in [0.1, 0.15) is 22.8 Å². The van der Waals surface area contributed by atoms with Gasteiger partial charge in [-0.05, 0) is 25.1 Å². The molecule has 0 aliphatic rings. The lowest BCUT2D eigenvalue weighted by molar-refractivity contribution is 0.0785. The fourth-order valence-electron chi connectivity index (χ4n) is 1.34. The molecule has 0 atom stereocenters. The van der Waals surface area contributed by atoms with Gasteiger partial charge in [-0.25, -0.2) is 0 Å². The van der Waals surface area contributed by atoms with Gasteiger partial charge in [-0.2, -0.15) is 5.26 Å². The number of benzene rings is 1. The molecule has 0 unspecified atom stereocenters. The molecule has 0 spiro atoms. The molecule has 0 saturated carbocycles. The van der Waals surface area contributed by atoms with Crippen molar-refractivity contribution in [3.8, 4) is 18.4 Å². The predicted molar refractivity (Wildman–Crippen MR) is 61.6 cm³/mol. The highest BCUT2D eigenvalue weighted by Gasteiger charge is 2.12. The first-order chi connectivity index (χ1) is 7.72. The molecular formula is C13H12N2O. The van der Waals surface area contributed by atoms with Crippen molar-refractivity contribution in [3.05, 3.63) is 35.4 Å². The zero-order valence-corrected chi connectivity index (χ0v) is 9.10. The van der Waals surface area contributed by atoms with Crippen LogP contribution in [0.2, 0.25) is 0 Å². The Hall–Kier alpha value is -2.26. The lowest BCUT2D eigenvalue weighted by Crippen LogP contribution is -2.31. The third-order valence-electron chi connectivity index (χ3n) is 2.19. The van der Waals surface area contributed by atoms with Gasteiger partial charge < -0.3 is 4.90 Å².